The van der Waals surface area contributed by atoms with Gasteiger partial charge in [-0.3, -0.25) is 9.59 Å². The minimum atomic E-state index is -1.09. The average Bonchev–Trinajstić information content (AvgIpc) is 2.66. The van der Waals surface area contributed by atoms with Gasteiger partial charge in [0.1, 0.15) is 11.2 Å². The zero-order valence-electron chi connectivity index (χ0n) is 12.5. The Hall–Kier alpha value is -2.37. The Morgan fingerprint density at radius 1 is 1.41 bits per heavy atom. The molecular weight excluding hydrogens is 286 g/mol. The van der Waals surface area contributed by atoms with Crippen molar-refractivity contribution in [3.63, 3.8) is 0 Å². The molecule has 22 heavy (non-hydrogen) atoms. The molecule has 2 aliphatic heterocycles. The van der Waals surface area contributed by atoms with Gasteiger partial charge >= 0.3 is 5.97 Å². The van der Waals surface area contributed by atoms with Crippen LogP contribution < -0.4 is 14.8 Å². The third-order valence-electron chi connectivity index (χ3n) is 4.33. The second-order valence-corrected chi connectivity index (χ2v) is 5.76. The van der Waals surface area contributed by atoms with Crippen LogP contribution in [0.25, 0.3) is 0 Å². The molecule has 1 aromatic rings. The minimum Gasteiger partial charge on any atom is -0.493 e. The van der Waals surface area contributed by atoms with Crippen LogP contribution >= 0.6 is 0 Å². The van der Waals surface area contributed by atoms with E-state index in [2.05, 4.69) is 5.32 Å². The monoisotopic (exact) mass is 303 g/mol. The van der Waals surface area contributed by atoms with Gasteiger partial charge in [0, 0.05) is 24.9 Å². The van der Waals surface area contributed by atoms with Gasteiger partial charge in [-0.2, -0.15) is 0 Å². The first-order chi connectivity index (χ1) is 10.5. The number of ketones is 1. The highest BCUT2D eigenvalue weighted by atomic mass is 16.6. The summed E-state index contributed by atoms with van der Waals surface area (Å²) in [6.07, 6.45) is 0.479. The largest absolute Gasteiger partial charge is 0.493 e. The fourth-order valence-electron chi connectivity index (χ4n) is 3.23. The van der Waals surface area contributed by atoms with Crippen molar-refractivity contribution >= 4 is 17.7 Å². The molecule has 0 spiro atoms. The highest BCUT2D eigenvalue weighted by molar-refractivity contribution is 5.98. The fraction of sp³-hybridized carbons (Fsp3) is 0.438. The molecule has 0 aromatic heterocycles. The zero-order chi connectivity index (χ0) is 15.9. The molecule has 2 heterocycles. The van der Waals surface area contributed by atoms with Crippen LogP contribution in [0.3, 0.4) is 0 Å². The summed E-state index contributed by atoms with van der Waals surface area (Å²) in [6, 6.07) is 3.55. The summed E-state index contributed by atoms with van der Waals surface area (Å²) >= 11 is 0. The molecule has 0 radical (unpaired) electrons. The molecule has 0 fully saturated rings. The summed E-state index contributed by atoms with van der Waals surface area (Å²) in [5.74, 6) is 0.121. The quantitative estimate of drug-likeness (QED) is 0.668. The lowest BCUT2D eigenvalue weighted by atomic mass is 9.73. The summed E-state index contributed by atoms with van der Waals surface area (Å²) < 4.78 is 10.7. The molecule has 1 unspecified atom stereocenters. The van der Waals surface area contributed by atoms with Gasteiger partial charge < -0.3 is 19.6 Å². The molecule has 6 nitrogen and oxygen atoms in total. The van der Waals surface area contributed by atoms with E-state index in [-0.39, 0.29) is 31.0 Å². The van der Waals surface area contributed by atoms with Crippen molar-refractivity contribution in [2.75, 3.05) is 7.11 Å². The normalized spacial score (nSPS) is 22.5. The highest BCUT2D eigenvalue weighted by Gasteiger charge is 2.53. The van der Waals surface area contributed by atoms with Gasteiger partial charge in [-0.05, 0) is 25.0 Å². The zero-order valence-corrected chi connectivity index (χ0v) is 12.5. The number of esters is 1. The van der Waals surface area contributed by atoms with E-state index >= 15 is 0 Å². The molecule has 3 rings (SSSR count). The van der Waals surface area contributed by atoms with Crippen LogP contribution in [-0.4, -0.2) is 24.8 Å². The van der Waals surface area contributed by atoms with Crippen LogP contribution in [0.1, 0.15) is 37.3 Å². The second-order valence-electron chi connectivity index (χ2n) is 5.76. The smallest absolute Gasteiger partial charge is 0.322 e. The number of carbonyl (C=O) groups excluding carboxylic acids is 3. The number of hydrogen-bond donors (Lipinski definition) is 1. The maximum Gasteiger partial charge on any atom is 0.322 e. The van der Waals surface area contributed by atoms with Crippen LogP contribution in [0.4, 0.5) is 0 Å². The SMILES string of the molecule is COc1ccc2c3c1OC(=O)C3(CCC(C)=O)CC(=O)NC2. The number of hydrogen-bond acceptors (Lipinski definition) is 5. The third-order valence-corrected chi connectivity index (χ3v) is 4.33. The highest BCUT2D eigenvalue weighted by Crippen LogP contribution is 2.51. The Bertz CT molecular complexity index is 681. The number of nitrogens with one attached hydrogen (secondary N) is 1. The van der Waals surface area contributed by atoms with E-state index in [4.69, 9.17) is 9.47 Å². The van der Waals surface area contributed by atoms with E-state index < -0.39 is 11.4 Å². The summed E-state index contributed by atoms with van der Waals surface area (Å²) in [4.78, 5) is 36.0. The van der Waals surface area contributed by atoms with Gasteiger partial charge in [0.15, 0.2) is 11.5 Å². The number of rotatable bonds is 4. The van der Waals surface area contributed by atoms with Gasteiger partial charge in [-0.1, -0.05) is 6.07 Å². The summed E-state index contributed by atoms with van der Waals surface area (Å²) in [5.41, 5.74) is 0.429. The number of ether oxygens (including phenoxy) is 2. The second kappa shape index (κ2) is 5.12. The van der Waals surface area contributed by atoms with E-state index in [1.807, 2.05) is 6.07 Å². The van der Waals surface area contributed by atoms with E-state index in [0.29, 0.717) is 23.6 Å². The van der Waals surface area contributed by atoms with Crippen molar-refractivity contribution in [3.8, 4) is 11.5 Å². The molecule has 2 aliphatic rings. The Morgan fingerprint density at radius 3 is 2.86 bits per heavy atom. The number of carbonyl (C=O) groups is 3. The number of methoxy groups -OCH3 is 1. The van der Waals surface area contributed by atoms with Crippen molar-refractivity contribution in [1.29, 1.82) is 0 Å². The third kappa shape index (κ3) is 2.06. The van der Waals surface area contributed by atoms with E-state index in [1.54, 1.807) is 6.07 Å². The first kappa shape index (κ1) is 14.6. The van der Waals surface area contributed by atoms with Gasteiger partial charge in [0.05, 0.1) is 7.11 Å². The van der Waals surface area contributed by atoms with Crippen LogP contribution in [0, 0.1) is 0 Å². The Labute approximate surface area is 127 Å². The van der Waals surface area contributed by atoms with E-state index in [0.717, 1.165) is 5.56 Å². The molecule has 6 heteroatoms. The number of amides is 1. The summed E-state index contributed by atoms with van der Waals surface area (Å²) in [6.45, 7) is 1.81. The van der Waals surface area contributed by atoms with Gasteiger partial charge in [-0.15, -0.1) is 0 Å². The number of benzene rings is 1. The molecule has 116 valence electrons. The Morgan fingerprint density at radius 2 is 2.18 bits per heavy atom. The maximum atomic E-state index is 12.6. The van der Waals surface area contributed by atoms with E-state index in [9.17, 15) is 14.4 Å². The molecule has 0 saturated heterocycles. The van der Waals surface area contributed by atoms with Crippen LogP contribution in [0.15, 0.2) is 12.1 Å². The molecule has 0 bridgehead atoms. The summed E-state index contributed by atoms with van der Waals surface area (Å²) in [5, 5.41) is 2.79. The van der Waals surface area contributed by atoms with Gasteiger partial charge in [-0.25, -0.2) is 0 Å². The van der Waals surface area contributed by atoms with Crippen molar-refractivity contribution in [2.45, 2.75) is 38.1 Å². The molecule has 1 N–H and O–H groups in total. The number of Topliss-reactive ketones (excluding diaryl/α,β-unsaturated/α-hetero) is 1. The van der Waals surface area contributed by atoms with Crippen LogP contribution in [-0.2, 0) is 26.3 Å². The van der Waals surface area contributed by atoms with Crippen molar-refractivity contribution in [1.82, 2.24) is 5.32 Å². The van der Waals surface area contributed by atoms with Crippen LogP contribution in [0.2, 0.25) is 0 Å². The van der Waals surface area contributed by atoms with Crippen molar-refractivity contribution in [2.24, 2.45) is 0 Å². The molecule has 1 aromatic carbocycles. The topological polar surface area (TPSA) is 81.7 Å². The Balaban J connectivity index is 2.19. The van der Waals surface area contributed by atoms with Crippen LogP contribution in [0.5, 0.6) is 11.5 Å². The first-order valence-electron chi connectivity index (χ1n) is 7.16. The maximum absolute atomic E-state index is 12.6. The lowest BCUT2D eigenvalue weighted by Crippen LogP contribution is -2.38. The molecule has 0 aliphatic carbocycles. The minimum absolute atomic E-state index is 0.00766. The summed E-state index contributed by atoms with van der Waals surface area (Å²) in [7, 11) is 1.50. The molecule has 0 saturated carbocycles. The Kier molecular flexibility index (Phi) is 3.39. The molecular formula is C16H17NO5. The van der Waals surface area contributed by atoms with Gasteiger partial charge in [0.25, 0.3) is 0 Å². The predicted molar refractivity (Wildman–Crippen MR) is 76.7 cm³/mol. The lowest BCUT2D eigenvalue weighted by Gasteiger charge is -2.24. The molecule has 1 atom stereocenters. The lowest BCUT2D eigenvalue weighted by molar-refractivity contribution is -0.141. The first-order valence-corrected chi connectivity index (χ1v) is 7.16. The molecule has 1 amide bonds. The van der Waals surface area contributed by atoms with Gasteiger partial charge in [0.2, 0.25) is 5.91 Å². The fourth-order valence-corrected chi connectivity index (χ4v) is 3.23. The van der Waals surface area contributed by atoms with Crippen molar-refractivity contribution in [3.05, 3.63) is 23.3 Å². The average molecular weight is 303 g/mol. The van der Waals surface area contributed by atoms with E-state index in [1.165, 1.54) is 14.0 Å². The van der Waals surface area contributed by atoms with Crippen molar-refractivity contribution < 1.29 is 23.9 Å². The standard InChI is InChI=1S/C16H17NO5/c1-9(18)5-6-16-7-12(19)17-8-10-3-4-11(21-2)14(13(10)16)22-15(16)20/h3-4H,5-8H2,1-2H3,(H,17,19). The predicted octanol–water partition coefficient (Wildman–Crippen LogP) is 1.24.